The van der Waals surface area contributed by atoms with Gasteiger partial charge in [-0.15, -0.1) is 0 Å². The van der Waals surface area contributed by atoms with Crippen LogP contribution in [0.25, 0.3) is 0 Å². The second kappa shape index (κ2) is 6.11. The molecule has 1 unspecified atom stereocenters. The molecule has 0 radical (unpaired) electrons. The van der Waals surface area contributed by atoms with E-state index in [-0.39, 0.29) is 21.3 Å². The standard InChI is InChI=1S/C12H11Cl2N3O3/c13-6-2-1-3-7(14)9(6)11(18)16-8-4-5-15-17-10(8)12(19)20/h1-3,8,15H,4-5H2,(H,16,18)(H,19,20). The molecular weight excluding hydrogens is 305 g/mol. The lowest BCUT2D eigenvalue weighted by Gasteiger charge is -2.22. The van der Waals surface area contributed by atoms with Crippen LogP contribution in [0.15, 0.2) is 23.3 Å². The van der Waals surface area contributed by atoms with Crippen LogP contribution in [0.3, 0.4) is 0 Å². The van der Waals surface area contributed by atoms with Crippen LogP contribution in [0.4, 0.5) is 0 Å². The predicted molar refractivity (Wildman–Crippen MR) is 75.4 cm³/mol. The van der Waals surface area contributed by atoms with Crippen LogP contribution in [0.5, 0.6) is 0 Å². The first-order valence-electron chi connectivity index (χ1n) is 5.79. The van der Waals surface area contributed by atoms with Crippen LogP contribution in [-0.2, 0) is 4.79 Å². The summed E-state index contributed by atoms with van der Waals surface area (Å²) in [6.07, 6.45) is 0.416. The Kier molecular flexibility index (Phi) is 4.46. The number of carboxylic acids is 1. The van der Waals surface area contributed by atoms with Gasteiger partial charge >= 0.3 is 5.97 Å². The Balaban J connectivity index is 2.21. The second-order valence-electron chi connectivity index (χ2n) is 4.12. The van der Waals surface area contributed by atoms with E-state index in [9.17, 15) is 9.59 Å². The van der Waals surface area contributed by atoms with E-state index in [2.05, 4.69) is 15.8 Å². The fraction of sp³-hybridized carbons (Fsp3) is 0.250. The van der Waals surface area contributed by atoms with Gasteiger partial charge in [-0.3, -0.25) is 4.79 Å². The highest BCUT2D eigenvalue weighted by Crippen LogP contribution is 2.24. The molecule has 3 N–H and O–H groups in total. The number of halogens is 2. The second-order valence-corrected chi connectivity index (χ2v) is 4.94. The van der Waals surface area contributed by atoms with Crippen molar-refractivity contribution in [2.45, 2.75) is 12.5 Å². The van der Waals surface area contributed by atoms with Gasteiger partial charge in [-0.25, -0.2) is 4.79 Å². The van der Waals surface area contributed by atoms with E-state index in [1.54, 1.807) is 6.07 Å². The predicted octanol–water partition coefficient (Wildman–Crippen LogP) is 1.53. The Bertz CT molecular complexity index is 569. The van der Waals surface area contributed by atoms with Gasteiger partial charge in [0.05, 0.1) is 21.7 Å². The first kappa shape index (κ1) is 14.6. The van der Waals surface area contributed by atoms with Crippen LogP contribution in [0.1, 0.15) is 16.8 Å². The molecule has 0 aliphatic carbocycles. The molecule has 1 aromatic rings. The largest absolute Gasteiger partial charge is 0.477 e. The lowest BCUT2D eigenvalue weighted by atomic mass is 10.1. The number of hydrogen-bond donors (Lipinski definition) is 3. The summed E-state index contributed by atoms with van der Waals surface area (Å²) >= 11 is 11.9. The summed E-state index contributed by atoms with van der Waals surface area (Å²) in [4.78, 5) is 23.2. The minimum atomic E-state index is -1.19. The van der Waals surface area contributed by atoms with E-state index in [1.807, 2.05) is 0 Å². The van der Waals surface area contributed by atoms with Crippen molar-refractivity contribution in [1.29, 1.82) is 0 Å². The zero-order valence-electron chi connectivity index (χ0n) is 10.2. The number of nitrogens with zero attached hydrogens (tertiary/aromatic N) is 1. The van der Waals surface area contributed by atoms with E-state index >= 15 is 0 Å². The van der Waals surface area contributed by atoms with Crippen LogP contribution >= 0.6 is 23.2 Å². The summed E-state index contributed by atoms with van der Waals surface area (Å²) in [6, 6.07) is 4.01. The number of hydrogen-bond acceptors (Lipinski definition) is 4. The molecule has 8 heteroatoms. The first-order valence-corrected chi connectivity index (χ1v) is 6.55. The summed E-state index contributed by atoms with van der Waals surface area (Å²) in [5.41, 5.74) is 2.56. The number of amides is 1. The lowest BCUT2D eigenvalue weighted by molar-refractivity contribution is -0.129. The number of hydrazone groups is 1. The summed E-state index contributed by atoms with van der Waals surface area (Å²) < 4.78 is 0. The highest BCUT2D eigenvalue weighted by Gasteiger charge is 2.28. The van der Waals surface area contributed by atoms with Crippen LogP contribution < -0.4 is 10.7 Å². The zero-order chi connectivity index (χ0) is 14.7. The zero-order valence-corrected chi connectivity index (χ0v) is 11.7. The van der Waals surface area contributed by atoms with Crippen molar-refractivity contribution < 1.29 is 14.7 Å². The molecule has 1 atom stereocenters. The van der Waals surface area contributed by atoms with Crippen molar-refractivity contribution in [3.8, 4) is 0 Å². The van der Waals surface area contributed by atoms with Crippen LogP contribution in [0.2, 0.25) is 10.0 Å². The van der Waals surface area contributed by atoms with Crippen molar-refractivity contribution >= 4 is 40.8 Å². The number of rotatable bonds is 3. The van der Waals surface area contributed by atoms with Crippen LogP contribution in [-0.4, -0.2) is 35.3 Å². The maximum atomic E-state index is 12.2. The Hall–Kier alpha value is -1.79. The first-order chi connectivity index (χ1) is 9.50. The Morgan fingerprint density at radius 3 is 2.60 bits per heavy atom. The maximum Gasteiger partial charge on any atom is 0.354 e. The van der Waals surface area contributed by atoms with Gasteiger partial charge in [0, 0.05) is 6.54 Å². The lowest BCUT2D eigenvalue weighted by Crippen LogP contribution is -2.48. The molecule has 106 valence electrons. The molecule has 1 aliphatic heterocycles. The molecule has 2 rings (SSSR count). The summed E-state index contributed by atoms with van der Waals surface area (Å²) in [6.45, 7) is 0.470. The van der Waals surface area contributed by atoms with Crippen molar-refractivity contribution in [1.82, 2.24) is 10.7 Å². The van der Waals surface area contributed by atoms with Gasteiger partial charge in [0.25, 0.3) is 5.91 Å². The van der Waals surface area contributed by atoms with E-state index in [0.717, 1.165) is 0 Å². The summed E-state index contributed by atoms with van der Waals surface area (Å²) in [5, 5.41) is 15.7. The number of aliphatic carboxylic acids is 1. The smallest absolute Gasteiger partial charge is 0.354 e. The Morgan fingerprint density at radius 1 is 1.35 bits per heavy atom. The highest BCUT2D eigenvalue weighted by atomic mass is 35.5. The van der Waals surface area contributed by atoms with Gasteiger partial charge in [-0.05, 0) is 18.6 Å². The molecule has 0 fully saturated rings. The molecule has 0 saturated heterocycles. The monoisotopic (exact) mass is 315 g/mol. The molecule has 6 nitrogen and oxygen atoms in total. The SMILES string of the molecule is O=C(O)C1=NNCCC1NC(=O)c1c(Cl)cccc1Cl. The van der Waals surface area contributed by atoms with Gasteiger partial charge in [0.2, 0.25) is 0 Å². The van der Waals surface area contributed by atoms with Gasteiger partial charge < -0.3 is 15.8 Å². The molecule has 0 bridgehead atoms. The molecular formula is C12H11Cl2N3O3. The van der Waals surface area contributed by atoms with E-state index in [0.29, 0.717) is 13.0 Å². The van der Waals surface area contributed by atoms with Crippen molar-refractivity contribution in [2.75, 3.05) is 6.54 Å². The molecule has 20 heavy (non-hydrogen) atoms. The minimum absolute atomic E-state index is 0.124. The topological polar surface area (TPSA) is 90.8 Å². The molecule has 0 saturated carbocycles. The molecule has 1 aromatic carbocycles. The quantitative estimate of drug-likeness (QED) is 0.789. The fourth-order valence-corrected chi connectivity index (χ4v) is 2.42. The average Bonchev–Trinajstić information content (AvgIpc) is 2.38. The minimum Gasteiger partial charge on any atom is -0.477 e. The van der Waals surface area contributed by atoms with Gasteiger partial charge in [-0.2, -0.15) is 5.10 Å². The number of nitrogens with one attached hydrogen (secondary N) is 2. The van der Waals surface area contributed by atoms with Crippen molar-refractivity contribution in [3.05, 3.63) is 33.8 Å². The van der Waals surface area contributed by atoms with Gasteiger partial charge in [-0.1, -0.05) is 29.3 Å². The normalized spacial score (nSPS) is 17.9. The van der Waals surface area contributed by atoms with E-state index in [4.69, 9.17) is 28.3 Å². The van der Waals surface area contributed by atoms with Crippen molar-refractivity contribution in [2.24, 2.45) is 5.10 Å². The fourth-order valence-electron chi connectivity index (χ4n) is 1.85. The molecule has 0 aromatic heterocycles. The third-order valence-electron chi connectivity index (χ3n) is 2.79. The van der Waals surface area contributed by atoms with Crippen LogP contribution in [0, 0.1) is 0 Å². The number of benzene rings is 1. The molecule has 0 spiro atoms. The number of carbonyl (C=O) groups is 2. The van der Waals surface area contributed by atoms with Gasteiger partial charge in [0.15, 0.2) is 5.71 Å². The number of carbonyl (C=O) groups excluding carboxylic acids is 1. The number of carboxylic acid groups (broad SMARTS) is 1. The molecule has 1 amide bonds. The average molecular weight is 316 g/mol. The Labute approximate surface area is 124 Å². The van der Waals surface area contributed by atoms with E-state index < -0.39 is 17.9 Å². The van der Waals surface area contributed by atoms with Gasteiger partial charge in [0.1, 0.15) is 0 Å². The highest BCUT2D eigenvalue weighted by molar-refractivity contribution is 6.40. The summed E-state index contributed by atoms with van der Waals surface area (Å²) in [7, 11) is 0. The van der Waals surface area contributed by atoms with E-state index in [1.165, 1.54) is 12.1 Å². The third kappa shape index (κ3) is 3.02. The third-order valence-corrected chi connectivity index (χ3v) is 3.42. The maximum absolute atomic E-state index is 12.2. The Morgan fingerprint density at radius 2 is 2.00 bits per heavy atom. The molecule has 1 aliphatic rings. The molecule has 1 heterocycles. The summed E-state index contributed by atoms with van der Waals surface area (Å²) in [5.74, 6) is -1.71. The van der Waals surface area contributed by atoms with Crippen molar-refractivity contribution in [3.63, 3.8) is 0 Å².